The summed E-state index contributed by atoms with van der Waals surface area (Å²) in [5, 5.41) is 29.7. The Labute approximate surface area is 120 Å². The quantitative estimate of drug-likeness (QED) is 0.311. The zero-order chi connectivity index (χ0) is 16.0. The lowest BCUT2D eigenvalue weighted by molar-refractivity contribution is 0.268. The van der Waals surface area contributed by atoms with Gasteiger partial charge in [0, 0.05) is 13.1 Å². The molecule has 0 unspecified atom stereocenters. The Bertz CT molecular complexity index is 333. The SMILES string of the molecule is C/C(=N\O)C(C)(C)NCC(F)CNC(C)(C)/C(C)=N/O. The molecule has 0 radical (unpaired) electrons. The van der Waals surface area contributed by atoms with Crippen molar-refractivity contribution in [2.75, 3.05) is 13.1 Å². The topological polar surface area (TPSA) is 89.2 Å². The third-order valence-corrected chi connectivity index (χ3v) is 3.64. The Morgan fingerprint density at radius 2 is 1.25 bits per heavy atom. The van der Waals surface area contributed by atoms with Crippen LogP contribution in [0.15, 0.2) is 10.3 Å². The van der Waals surface area contributed by atoms with Crippen molar-refractivity contribution in [3.63, 3.8) is 0 Å². The number of nitrogens with one attached hydrogen (secondary N) is 2. The van der Waals surface area contributed by atoms with Gasteiger partial charge in [0.2, 0.25) is 0 Å². The zero-order valence-corrected chi connectivity index (χ0v) is 13.2. The molecule has 0 aromatic carbocycles. The lowest BCUT2D eigenvalue weighted by atomic mass is 9.98. The van der Waals surface area contributed by atoms with E-state index in [1.807, 2.05) is 27.7 Å². The minimum absolute atomic E-state index is 0.123. The van der Waals surface area contributed by atoms with Gasteiger partial charge in [0.15, 0.2) is 0 Å². The van der Waals surface area contributed by atoms with Crippen LogP contribution >= 0.6 is 0 Å². The highest BCUT2D eigenvalue weighted by molar-refractivity contribution is 5.90. The summed E-state index contributed by atoms with van der Waals surface area (Å²) in [6.45, 7) is 10.8. The smallest absolute Gasteiger partial charge is 0.125 e. The number of rotatable bonds is 8. The molecule has 20 heavy (non-hydrogen) atoms. The number of hydrogen-bond donors (Lipinski definition) is 4. The van der Waals surface area contributed by atoms with Crippen LogP contribution in [-0.4, -0.2) is 52.2 Å². The van der Waals surface area contributed by atoms with Crippen molar-refractivity contribution in [1.29, 1.82) is 0 Å². The van der Waals surface area contributed by atoms with Crippen LogP contribution in [0.5, 0.6) is 0 Å². The predicted molar refractivity (Wildman–Crippen MR) is 78.9 cm³/mol. The van der Waals surface area contributed by atoms with E-state index in [0.717, 1.165) is 0 Å². The van der Waals surface area contributed by atoms with Gasteiger partial charge in [-0.3, -0.25) is 0 Å². The first-order valence-electron chi connectivity index (χ1n) is 6.59. The lowest BCUT2D eigenvalue weighted by Crippen LogP contribution is -2.52. The maximum Gasteiger partial charge on any atom is 0.125 e. The highest BCUT2D eigenvalue weighted by atomic mass is 19.1. The van der Waals surface area contributed by atoms with Crippen LogP contribution in [0, 0.1) is 0 Å². The van der Waals surface area contributed by atoms with Crippen LogP contribution in [0.4, 0.5) is 4.39 Å². The lowest BCUT2D eigenvalue weighted by Gasteiger charge is -2.29. The third-order valence-electron chi connectivity index (χ3n) is 3.64. The molecule has 0 saturated heterocycles. The molecule has 0 saturated carbocycles. The molecule has 118 valence electrons. The Hall–Kier alpha value is -1.21. The fourth-order valence-corrected chi connectivity index (χ4v) is 1.31. The minimum Gasteiger partial charge on any atom is -0.411 e. The predicted octanol–water partition coefficient (Wildman–Crippen LogP) is 1.76. The number of hydrogen-bond acceptors (Lipinski definition) is 6. The Morgan fingerprint density at radius 3 is 1.50 bits per heavy atom. The summed E-state index contributed by atoms with van der Waals surface area (Å²) in [6, 6.07) is 0. The summed E-state index contributed by atoms with van der Waals surface area (Å²) in [5.41, 5.74) is -0.170. The van der Waals surface area contributed by atoms with E-state index in [1.165, 1.54) is 0 Å². The van der Waals surface area contributed by atoms with Gasteiger partial charge in [-0.15, -0.1) is 0 Å². The van der Waals surface area contributed by atoms with E-state index in [9.17, 15) is 4.39 Å². The molecule has 0 heterocycles. The molecule has 0 aliphatic heterocycles. The minimum atomic E-state index is -1.12. The van der Waals surface area contributed by atoms with E-state index in [2.05, 4.69) is 20.9 Å². The average molecular weight is 290 g/mol. The molecular formula is C13H27FN4O2. The first-order chi connectivity index (χ1) is 9.06. The largest absolute Gasteiger partial charge is 0.411 e. The van der Waals surface area contributed by atoms with Crippen LogP contribution in [0.1, 0.15) is 41.5 Å². The van der Waals surface area contributed by atoms with Crippen molar-refractivity contribution < 1.29 is 14.8 Å². The van der Waals surface area contributed by atoms with Gasteiger partial charge in [-0.2, -0.15) is 0 Å². The summed E-state index contributed by atoms with van der Waals surface area (Å²) in [5.74, 6) is 0. The number of nitrogens with zero attached hydrogens (tertiary/aromatic N) is 2. The van der Waals surface area contributed by atoms with E-state index in [4.69, 9.17) is 10.4 Å². The fraction of sp³-hybridized carbons (Fsp3) is 0.846. The van der Waals surface area contributed by atoms with Crippen LogP contribution in [-0.2, 0) is 0 Å². The van der Waals surface area contributed by atoms with Gasteiger partial charge < -0.3 is 21.0 Å². The maximum absolute atomic E-state index is 13.9. The van der Waals surface area contributed by atoms with E-state index in [1.54, 1.807) is 13.8 Å². The Morgan fingerprint density at radius 1 is 0.950 bits per heavy atom. The summed E-state index contributed by atoms with van der Waals surface area (Å²) in [6.07, 6.45) is -1.12. The molecule has 0 rings (SSSR count). The van der Waals surface area contributed by atoms with Crippen molar-refractivity contribution in [3.8, 4) is 0 Å². The summed E-state index contributed by atoms with van der Waals surface area (Å²) in [4.78, 5) is 0. The van der Waals surface area contributed by atoms with Crippen LogP contribution in [0.25, 0.3) is 0 Å². The number of alkyl halides is 1. The summed E-state index contributed by atoms with van der Waals surface area (Å²) in [7, 11) is 0. The van der Waals surface area contributed by atoms with Gasteiger partial charge in [0.1, 0.15) is 6.17 Å². The summed E-state index contributed by atoms with van der Waals surface area (Å²) >= 11 is 0. The molecule has 6 nitrogen and oxygen atoms in total. The highest BCUT2D eigenvalue weighted by Crippen LogP contribution is 2.08. The summed E-state index contributed by atoms with van der Waals surface area (Å²) < 4.78 is 13.9. The Balaban J connectivity index is 4.30. The zero-order valence-electron chi connectivity index (χ0n) is 13.2. The van der Waals surface area contributed by atoms with Crippen LogP contribution in [0.2, 0.25) is 0 Å². The molecule has 4 N–H and O–H groups in total. The molecule has 0 atom stereocenters. The van der Waals surface area contributed by atoms with Crippen LogP contribution in [0.3, 0.4) is 0 Å². The normalized spacial score (nSPS) is 16.4. The monoisotopic (exact) mass is 290 g/mol. The van der Waals surface area contributed by atoms with Gasteiger partial charge in [0.25, 0.3) is 0 Å². The van der Waals surface area contributed by atoms with E-state index in [0.29, 0.717) is 11.4 Å². The number of halogens is 1. The van der Waals surface area contributed by atoms with Gasteiger partial charge in [-0.05, 0) is 41.5 Å². The van der Waals surface area contributed by atoms with Crippen molar-refractivity contribution in [1.82, 2.24) is 10.6 Å². The van der Waals surface area contributed by atoms with Crippen molar-refractivity contribution in [2.24, 2.45) is 10.3 Å². The van der Waals surface area contributed by atoms with Crippen molar-refractivity contribution in [3.05, 3.63) is 0 Å². The maximum atomic E-state index is 13.9. The standard InChI is InChI=1S/C13H27FN4O2/c1-9(17-19)12(3,4)15-7-11(14)8-16-13(5,6)10(2)18-20/h11,15-16,19-20H,7-8H2,1-6H3/b17-9+,18-10+. The van der Waals surface area contributed by atoms with Crippen molar-refractivity contribution >= 4 is 11.4 Å². The first-order valence-corrected chi connectivity index (χ1v) is 6.59. The third kappa shape index (κ3) is 5.83. The second-order valence-electron chi connectivity index (χ2n) is 5.98. The highest BCUT2D eigenvalue weighted by Gasteiger charge is 2.25. The molecule has 0 spiro atoms. The van der Waals surface area contributed by atoms with E-state index in [-0.39, 0.29) is 13.1 Å². The fourth-order valence-electron chi connectivity index (χ4n) is 1.31. The first kappa shape index (κ1) is 18.8. The Kier molecular flexibility index (Phi) is 7.08. The van der Waals surface area contributed by atoms with Crippen LogP contribution < -0.4 is 10.6 Å². The molecule has 0 aromatic heterocycles. The average Bonchev–Trinajstić information content (AvgIpc) is 2.40. The second-order valence-corrected chi connectivity index (χ2v) is 5.98. The molecule has 0 amide bonds. The van der Waals surface area contributed by atoms with E-state index < -0.39 is 17.2 Å². The van der Waals surface area contributed by atoms with Gasteiger partial charge in [-0.25, -0.2) is 4.39 Å². The van der Waals surface area contributed by atoms with Crippen molar-refractivity contribution in [2.45, 2.75) is 58.8 Å². The molecule has 0 aliphatic carbocycles. The number of oxime groups is 2. The molecule has 0 bridgehead atoms. The molecule has 0 fully saturated rings. The molecule has 0 aromatic rings. The molecule has 0 aliphatic rings. The van der Waals surface area contributed by atoms with Gasteiger partial charge in [0.05, 0.1) is 22.5 Å². The molecule has 7 heteroatoms. The van der Waals surface area contributed by atoms with E-state index >= 15 is 0 Å². The van der Waals surface area contributed by atoms with Gasteiger partial charge in [-0.1, -0.05) is 10.3 Å². The molecular weight excluding hydrogens is 263 g/mol. The van der Waals surface area contributed by atoms with Gasteiger partial charge >= 0.3 is 0 Å². The second kappa shape index (κ2) is 7.54.